The highest BCUT2D eigenvalue weighted by atomic mass is 32.2. The van der Waals surface area contributed by atoms with Gasteiger partial charge in [-0.25, -0.2) is 0 Å². The molecule has 6 heteroatoms. The van der Waals surface area contributed by atoms with E-state index in [9.17, 15) is 13.2 Å². The van der Waals surface area contributed by atoms with Crippen molar-refractivity contribution in [3.05, 3.63) is 0 Å². The molecule has 19 heavy (non-hydrogen) atoms. The van der Waals surface area contributed by atoms with E-state index in [2.05, 4.69) is 0 Å². The van der Waals surface area contributed by atoms with E-state index in [1.165, 1.54) is 0 Å². The molecule has 0 aromatic heterocycles. The molecule has 5 atom stereocenters. The first kappa shape index (κ1) is 13.4. The molecule has 0 spiro atoms. The summed E-state index contributed by atoms with van der Waals surface area (Å²) in [4.78, 5) is 12.1. The van der Waals surface area contributed by atoms with Crippen LogP contribution in [0, 0.1) is 17.3 Å². The summed E-state index contributed by atoms with van der Waals surface area (Å²) in [5.41, 5.74) is -0.529. The Morgan fingerprint density at radius 1 is 1.37 bits per heavy atom. The van der Waals surface area contributed by atoms with E-state index < -0.39 is 21.6 Å². The van der Waals surface area contributed by atoms with Gasteiger partial charge >= 0.3 is 5.97 Å². The third-order valence-electron chi connectivity index (χ3n) is 5.09. The summed E-state index contributed by atoms with van der Waals surface area (Å²) in [6, 6.07) is 0. The zero-order valence-electron chi connectivity index (χ0n) is 11.5. The van der Waals surface area contributed by atoms with Gasteiger partial charge in [0.15, 0.2) is 0 Å². The highest BCUT2D eigenvalue weighted by Gasteiger charge is 2.65. The molecule has 2 aliphatic carbocycles. The second-order valence-electron chi connectivity index (χ2n) is 6.59. The monoisotopic (exact) mass is 288 g/mol. The van der Waals surface area contributed by atoms with Crippen molar-refractivity contribution in [2.75, 3.05) is 0 Å². The first-order valence-electron chi connectivity index (χ1n) is 6.89. The van der Waals surface area contributed by atoms with E-state index in [1.54, 1.807) is 0 Å². The topological polar surface area (TPSA) is 69.7 Å². The quantitative estimate of drug-likeness (QED) is 0.581. The molecule has 0 N–H and O–H groups in total. The van der Waals surface area contributed by atoms with Gasteiger partial charge in [0.25, 0.3) is 10.1 Å². The molecule has 3 rings (SSSR count). The van der Waals surface area contributed by atoms with E-state index in [1.807, 2.05) is 20.8 Å². The summed E-state index contributed by atoms with van der Waals surface area (Å²) in [5.74, 6) is -0.0802. The third kappa shape index (κ3) is 1.83. The van der Waals surface area contributed by atoms with E-state index in [0.29, 0.717) is 12.8 Å². The summed E-state index contributed by atoms with van der Waals surface area (Å²) in [5, 5.41) is -0.364. The lowest BCUT2D eigenvalue weighted by Crippen LogP contribution is -2.40. The van der Waals surface area contributed by atoms with Crippen molar-refractivity contribution >= 4 is 16.1 Å². The molecule has 0 radical (unpaired) electrons. The predicted molar refractivity (Wildman–Crippen MR) is 67.7 cm³/mol. The Hall–Kier alpha value is -0.620. The van der Waals surface area contributed by atoms with E-state index >= 15 is 0 Å². The van der Waals surface area contributed by atoms with Crippen LogP contribution in [0.2, 0.25) is 0 Å². The molecular formula is C13H20O5S. The summed E-state index contributed by atoms with van der Waals surface area (Å²) in [7, 11) is -3.43. The van der Waals surface area contributed by atoms with Gasteiger partial charge in [-0.3, -0.25) is 8.98 Å². The molecule has 1 saturated heterocycles. The van der Waals surface area contributed by atoms with Crippen LogP contribution in [-0.4, -0.2) is 31.8 Å². The summed E-state index contributed by atoms with van der Waals surface area (Å²) < 4.78 is 34.4. The number of rotatable bonds is 3. The lowest BCUT2D eigenvalue weighted by atomic mass is 9.89. The summed E-state index contributed by atoms with van der Waals surface area (Å²) >= 11 is 0. The second kappa shape index (κ2) is 3.95. The Labute approximate surface area is 113 Å². The molecule has 1 heterocycles. The molecule has 2 saturated carbocycles. The van der Waals surface area contributed by atoms with Crippen LogP contribution < -0.4 is 0 Å². The second-order valence-corrected chi connectivity index (χ2v) is 8.38. The van der Waals surface area contributed by atoms with Crippen LogP contribution in [0.3, 0.4) is 0 Å². The van der Waals surface area contributed by atoms with Gasteiger partial charge in [0, 0.05) is 11.8 Å². The average Bonchev–Trinajstić information content (AvgIpc) is 2.92. The maximum Gasteiger partial charge on any atom is 0.311 e. The molecule has 5 nitrogen and oxygen atoms in total. The number of ether oxygens (including phenoxy) is 1. The smallest absolute Gasteiger partial charge is 0.311 e. The van der Waals surface area contributed by atoms with E-state index in [0.717, 1.165) is 6.42 Å². The highest BCUT2D eigenvalue weighted by Crippen LogP contribution is 2.55. The van der Waals surface area contributed by atoms with E-state index in [4.69, 9.17) is 8.92 Å². The van der Waals surface area contributed by atoms with Gasteiger partial charge in [-0.15, -0.1) is 0 Å². The largest absolute Gasteiger partial charge is 0.459 e. The van der Waals surface area contributed by atoms with Crippen LogP contribution in [0.25, 0.3) is 0 Å². The summed E-state index contributed by atoms with van der Waals surface area (Å²) in [6.45, 7) is 5.63. The fourth-order valence-electron chi connectivity index (χ4n) is 3.47. The van der Waals surface area contributed by atoms with Crippen molar-refractivity contribution in [1.82, 2.24) is 0 Å². The summed E-state index contributed by atoms with van der Waals surface area (Å²) in [6.07, 6.45) is 1.26. The number of carbonyl (C=O) groups is 1. The molecule has 0 aromatic rings. The standard InChI is InChI=1S/C13H20O5S/c1-4-13(2,3)12(14)17-10-7-5-8-9(6-7)19(15,16)18-11(8)10/h7-11H,4-6H2,1-3H3/t7?,8-,9?,10?,11?/m0/s1. The number of hydrogen-bond acceptors (Lipinski definition) is 5. The van der Waals surface area contributed by atoms with Crippen LogP contribution >= 0.6 is 0 Å². The maximum atomic E-state index is 12.1. The Morgan fingerprint density at radius 2 is 2.05 bits per heavy atom. The maximum absolute atomic E-state index is 12.1. The number of carbonyl (C=O) groups excluding carboxylic acids is 1. The highest BCUT2D eigenvalue weighted by molar-refractivity contribution is 7.87. The minimum absolute atomic E-state index is 0.0255. The normalized spacial score (nSPS) is 42.6. The Balaban J connectivity index is 1.77. The van der Waals surface area contributed by atoms with Crippen LogP contribution in [0.15, 0.2) is 0 Å². The van der Waals surface area contributed by atoms with E-state index in [-0.39, 0.29) is 29.2 Å². The predicted octanol–water partition coefficient (Wildman–Crippen LogP) is 1.47. The van der Waals surface area contributed by atoms with Crippen LogP contribution in [0.4, 0.5) is 0 Å². The lowest BCUT2D eigenvalue weighted by Gasteiger charge is -2.29. The number of fused-ring (bicyclic) bond motifs is 1. The SMILES string of the molecule is CCC(C)(C)C(=O)OC1C2CC3[C@H](C2)C1OS3(=O)=O. The first-order chi connectivity index (χ1) is 8.76. The minimum atomic E-state index is -3.43. The molecule has 3 aliphatic rings. The molecule has 0 aromatic carbocycles. The molecule has 3 fully saturated rings. The van der Waals surface area contributed by atoms with Crippen molar-refractivity contribution < 1.29 is 22.1 Å². The van der Waals surface area contributed by atoms with Gasteiger partial charge in [0.05, 0.1) is 10.7 Å². The van der Waals surface area contributed by atoms with Crippen molar-refractivity contribution in [3.8, 4) is 0 Å². The fraction of sp³-hybridized carbons (Fsp3) is 0.923. The van der Waals surface area contributed by atoms with Crippen molar-refractivity contribution in [2.45, 2.75) is 57.5 Å². The van der Waals surface area contributed by atoms with Gasteiger partial charge < -0.3 is 4.74 Å². The van der Waals surface area contributed by atoms with Crippen LogP contribution in [0.1, 0.15) is 40.0 Å². The average molecular weight is 288 g/mol. The number of hydrogen-bond donors (Lipinski definition) is 0. The molecule has 4 unspecified atom stereocenters. The molecule has 2 bridgehead atoms. The third-order valence-corrected chi connectivity index (χ3v) is 6.87. The van der Waals surface area contributed by atoms with Gasteiger partial charge in [0.1, 0.15) is 12.2 Å². The number of esters is 1. The zero-order chi connectivity index (χ0) is 14.0. The zero-order valence-corrected chi connectivity index (χ0v) is 12.3. The van der Waals surface area contributed by atoms with Crippen molar-refractivity contribution in [3.63, 3.8) is 0 Å². The minimum Gasteiger partial charge on any atom is -0.459 e. The lowest BCUT2D eigenvalue weighted by molar-refractivity contribution is -0.166. The molecule has 0 amide bonds. The molecule has 108 valence electrons. The van der Waals surface area contributed by atoms with Gasteiger partial charge in [-0.2, -0.15) is 8.42 Å². The van der Waals surface area contributed by atoms with Gasteiger partial charge in [-0.1, -0.05) is 6.92 Å². The van der Waals surface area contributed by atoms with Crippen molar-refractivity contribution in [2.24, 2.45) is 17.3 Å². The Kier molecular flexibility index (Phi) is 2.78. The fourth-order valence-corrected chi connectivity index (χ4v) is 5.35. The molecule has 1 aliphatic heterocycles. The van der Waals surface area contributed by atoms with Crippen LogP contribution in [-0.2, 0) is 23.8 Å². The molecular weight excluding hydrogens is 268 g/mol. The van der Waals surface area contributed by atoms with Gasteiger partial charge in [0.2, 0.25) is 0 Å². The van der Waals surface area contributed by atoms with Gasteiger partial charge in [-0.05, 0) is 33.1 Å². The van der Waals surface area contributed by atoms with Crippen molar-refractivity contribution in [1.29, 1.82) is 0 Å². The first-order valence-corrected chi connectivity index (χ1v) is 8.36. The van der Waals surface area contributed by atoms with Crippen LogP contribution in [0.5, 0.6) is 0 Å². The Morgan fingerprint density at radius 3 is 2.68 bits per heavy atom. The Bertz CT molecular complexity index is 509.